The highest BCUT2D eigenvalue weighted by Gasteiger charge is 2.33. The van der Waals surface area contributed by atoms with Crippen LogP contribution in [0.25, 0.3) is 0 Å². The third-order valence-electron chi connectivity index (χ3n) is 2.04. The van der Waals surface area contributed by atoms with Crippen LogP contribution in [0.2, 0.25) is 0 Å². The van der Waals surface area contributed by atoms with Crippen molar-refractivity contribution in [3.8, 4) is 0 Å². The van der Waals surface area contributed by atoms with Crippen LogP contribution in [-0.4, -0.2) is 26.0 Å². The van der Waals surface area contributed by atoms with Gasteiger partial charge in [0.25, 0.3) is 0 Å². The Morgan fingerprint density at radius 3 is 2.30 bits per heavy atom. The van der Waals surface area contributed by atoms with E-state index in [0.717, 1.165) is 6.42 Å². The second-order valence-electron chi connectivity index (χ2n) is 2.91. The van der Waals surface area contributed by atoms with Crippen molar-refractivity contribution in [2.24, 2.45) is 11.7 Å². The van der Waals surface area contributed by atoms with Crippen molar-refractivity contribution in [2.45, 2.75) is 19.4 Å². The van der Waals surface area contributed by atoms with E-state index in [2.05, 4.69) is 0 Å². The minimum absolute atomic E-state index is 0.116. The fraction of sp³-hybridized carbons (Fsp3) is 1.00. The summed E-state index contributed by atoms with van der Waals surface area (Å²) in [6.45, 7) is 1.98. The summed E-state index contributed by atoms with van der Waals surface area (Å²) in [6.07, 6.45) is 0.875. The van der Waals surface area contributed by atoms with Gasteiger partial charge < -0.3 is 5.73 Å². The van der Waals surface area contributed by atoms with Gasteiger partial charge in [-0.3, -0.25) is 0 Å². The van der Waals surface area contributed by atoms with Gasteiger partial charge in [0, 0.05) is 6.04 Å². The molecule has 1 aliphatic heterocycles. The minimum Gasteiger partial charge on any atom is -0.326 e. The third kappa shape index (κ3) is 1.49. The van der Waals surface area contributed by atoms with Crippen LogP contribution in [0.15, 0.2) is 0 Å². The molecular weight excluding hydrogens is 150 g/mol. The monoisotopic (exact) mass is 163 g/mol. The van der Waals surface area contributed by atoms with Gasteiger partial charge in [0.15, 0.2) is 9.84 Å². The summed E-state index contributed by atoms with van der Waals surface area (Å²) in [5.74, 6) is 0.681. The van der Waals surface area contributed by atoms with E-state index in [-0.39, 0.29) is 17.7 Å². The maximum Gasteiger partial charge on any atom is 0.152 e. The van der Waals surface area contributed by atoms with Crippen molar-refractivity contribution in [3.05, 3.63) is 0 Å². The molecule has 2 unspecified atom stereocenters. The van der Waals surface area contributed by atoms with Crippen molar-refractivity contribution in [1.29, 1.82) is 0 Å². The highest BCUT2D eigenvalue weighted by atomic mass is 32.2. The topological polar surface area (TPSA) is 60.2 Å². The van der Waals surface area contributed by atoms with Gasteiger partial charge in [-0.25, -0.2) is 8.42 Å². The van der Waals surface area contributed by atoms with Gasteiger partial charge in [-0.05, 0) is 5.92 Å². The van der Waals surface area contributed by atoms with Crippen LogP contribution in [0.4, 0.5) is 0 Å². The van der Waals surface area contributed by atoms with E-state index >= 15 is 0 Å². The number of sulfone groups is 1. The zero-order chi connectivity index (χ0) is 7.78. The molecule has 4 heteroatoms. The lowest BCUT2D eigenvalue weighted by atomic mass is 10.0. The standard InChI is InChI=1S/C6H13NO2S/c1-2-5-3-10(8,9)4-6(5)7/h5-6H,2-4,7H2,1H3. The van der Waals surface area contributed by atoms with Crippen LogP contribution in [0.3, 0.4) is 0 Å². The molecule has 0 aromatic carbocycles. The minimum atomic E-state index is -2.78. The Morgan fingerprint density at radius 2 is 2.10 bits per heavy atom. The summed E-state index contributed by atoms with van der Waals surface area (Å²) in [7, 11) is -2.78. The molecule has 1 rings (SSSR count). The molecule has 0 radical (unpaired) electrons. The van der Waals surface area contributed by atoms with E-state index < -0.39 is 9.84 Å². The number of rotatable bonds is 1. The lowest BCUT2D eigenvalue weighted by Crippen LogP contribution is -2.27. The molecular formula is C6H13NO2S. The van der Waals surface area contributed by atoms with Gasteiger partial charge in [0.2, 0.25) is 0 Å². The van der Waals surface area contributed by atoms with E-state index in [9.17, 15) is 8.42 Å². The molecule has 1 heterocycles. The fourth-order valence-electron chi connectivity index (χ4n) is 1.37. The number of nitrogens with two attached hydrogens (primary N) is 1. The van der Waals surface area contributed by atoms with Crippen molar-refractivity contribution in [3.63, 3.8) is 0 Å². The molecule has 0 aromatic heterocycles. The van der Waals surface area contributed by atoms with E-state index in [1.54, 1.807) is 0 Å². The first kappa shape index (κ1) is 8.01. The molecule has 0 aromatic rings. The van der Waals surface area contributed by atoms with Crippen molar-refractivity contribution >= 4 is 9.84 Å². The van der Waals surface area contributed by atoms with Crippen LogP contribution in [0.1, 0.15) is 13.3 Å². The largest absolute Gasteiger partial charge is 0.326 e. The van der Waals surface area contributed by atoms with Gasteiger partial charge in [-0.1, -0.05) is 13.3 Å². The molecule has 2 N–H and O–H groups in total. The Bertz CT molecular complexity index is 210. The van der Waals surface area contributed by atoms with Crippen LogP contribution in [0, 0.1) is 5.92 Å². The Labute approximate surface area is 61.5 Å². The lowest BCUT2D eigenvalue weighted by molar-refractivity contribution is 0.502. The molecule has 10 heavy (non-hydrogen) atoms. The molecule has 0 bridgehead atoms. The van der Waals surface area contributed by atoms with Crippen molar-refractivity contribution in [1.82, 2.24) is 0 Å². The summed E-state index contributed by atoms with van der Waals surface area (Å²) < 4.78 is 21.9. The van der Waals surface area contributed by atoms with Gasteiger partial charge in [0.05, 0.1) is 11.5 Å². The van der Waals surface area contributed by atoms with Crippen LogP contribution in [-0.2, 0) is 9.84 Å². The fourth-order valence-corrected chi connectivity index (χ4v) is 3.50. The molecule has 0 spiro atoms. The molecule has 60 valence electrons. The summed E-state index contributed by atoms with van der Waals surface area (Å²) in [5, 5.41) is 0. The van der Waals surface area contributed by atoms with Crippen LogP contribution in [0.5, 0.6) is 0 Å². The molecule has 0 saturated carbocycles. The maximum atomic E-state index is 10.9. The molecule has 1 fully saturated rings. The number of hydrogen-bond donors (Lipinski definition) is 1. The number of hydrogen-bond acceptors (Lipinski definition) is 3. The summed E-state index contributed by atoms with van der Waals surface area (Å²) in [6, 6.07) is -0.116. The Morgan fingerprint density at radius 1 is 1.50 bits per heavy atom. The second-order valence-corrected chi connectivity index (χ2v) is 5.06. The highest BCUT2D eigenvalue weighted by molar-refractivity contribution is 7.91. The molecule has 2 atom stereocenters. The first-order chi connectivity index (χ1) is 4.55. The van der Waals surface area contributed by atoms with Crippen LogP contribution < -0.4 is 5.73 Å². The normalized spacial score (nSPS) is 38.2. The smallest absolute Gasteiger partial charge is 0.152 e. The highest BCUT2D eigenvalue weighted by Crippen LogP contribution is 2.19. The van der Waals surface area contributed by atoms with Gasteiger partial charge in [0.1, 0.15) is 0 Å². The van der Waals surface area contributed by atoms with E-state index in [0.29, 0.717) is 5.75 Å². The predicted molar refractivity (Wildman–Crippen MR) is 40.4 cm³/mol. The average molecular weight is 163 g/mol. The van der Waals surface area contributed by atoms with E-state index in [1.165, 1.54) is 0 Å². The Kier molecular flexibility index (Phi) is 2.01. The van der Waals surface area contributed by atoms with E-state index in [1.807, 2.05) is 6.92 Å². The van der Waals surface area contributed by atoms with Crippen molar-refractivity contribution < 1.29 is 8.42 Å². The van der Waals surface area contributed by atoms with Gasteiger partial charge >= 0.3 is 0 Å². The van der Waals surface area contributed by atoms with Gasteiger partial charge in [-0.15, -0.1) is 0 Å². The molecule has 1 aliphatic rings. The Hall–Kier alpha value is -0.0900. The molecule has 3 nitrogen and oxygen atoms in total. The molecule has 0 amide bonds. The predicted octanol–water partition coefficient (Wildman–Crippen LogP) is -0.232. The summed E-state index contributed by atoms with van der Waals surface area (Å²) >= 11 is 0. The first-order valence-corrected chi connectivity index (χ1v) is 5.33. The third-order valence-corrected chi connectivity index (χ3v) is 3.87. The maximum absolute atomic E-state index is 10.9. The molecule has 0 aliphatic carbocycles. The summed E-state index contributed by atoms with van der Waals surface area (Å²) in [5.41, 5.74) is 5.59. The first-order valence-electron chi connectivity index (χ1n) is 3.51. The SMILES string of the molecule is CCC1CS(=O)(=O)CC1N. The Balaban J connectivity index is 2.71. The van der Waals surface area contributed by atoms with Crippen molar-refractivity contribution in [2.75, 3.05) is 11.5 Å². The second kappa shape index (κ2) is 2.51. The lowest BCUT2D eigenvalue weighted by Gasteiger charge is -2.08. The molecule has 1 saturated heterocycles. The zero-order valence-electron chi connectivity index (χ0n) is 6.08. The summed E-state index contributed by atoms with van der Waals surface area (Å²) in [4.78, 5) is 0. The van der Waals surface area contributed by atoms with E-state index in [4.69, 9.17) is 5.73 Å². The van der Waals surface area contributed by atoms with Gasteiger partial charge in [-0.2, -0.15) is 0 Å². The quantitative estimate of drug-likeness (QED) is 0.581. The van der Waals surface area contributed by atoms with Crippen LogP contribution >= 0.6 is 0 Å². The average Bonchev–Trinajstić information content (AvgIpc) is 2.05. The zero-order valence-corrected chi connectivity index (χ0v) is 6.89.